The Kier molecular flexibility index (Phi) is 4.86. The number of primary amides is 1. The molecule has 2 aromatic heterocycles. The standard InChI is InChI=1S/C20H13Cl2F3N4O/c21-14-10-28-29-15(7-8-27-18(14)29)12-3-1-2-4-13(12)19(20(23,24)25)9-11(17(26)30)5-6-16(19)22/h1-8,10H,9H2,(H2,26,30). The van der Waals surface area contributed by atoms with Crippen LogP contribution in [-0.2, 0) is 10.2 Å². The molecule has 0 spiro atoms. The zero-order chi connectivity index (χ0) is 21.7. The molecule has 2 heterocycles. The average Bonchev–Trinajstić information content (AvgIpc) is 3.08. The van der Waals surface area contributed by atoms with Crippen molar-refractivity contribution in [2.75, 3.05) is 0 Å². The van der Waals surface area contributed by atoms with E-state index in [-0.39, 0.29) is 21.7 Å². The van der Waals surface area contributed by atoms with Crippen LogP contribution in [0.5, 0.6) is 0 Å². The molecule has 10 heteroatoms. The molecule has 154 valence electrons. The van der Waals surface area contributed by atoms with Crippen molar-refractivity contribution in [3.8, 4) is 11.3 Å². The Labute approximate surface area is 178 Å². The zero-order valence-electron chi connectivity index (χ0n) is 15.1. The molecule has 30 heavy (non-hydrogen) atoms. The maximum absolute atomic E-state index is 14.6. The van der Waals surface area contributed by atoms with Crippen molar-refractivity contribution in [2.24, 2.45) is 5.73 Å². The molecular weight excluding hydrogens is 440 g/mol. The largest absolute Gasteiger partial charge is 0.403 e. The highest BCUT2D eigenvalue weighted by molar-refractivity contribution is 6.33. The predicted molar refractivity (Wildman–Crippen MR) is 107 cm³/mol. The van der Waals surface area contributed by atoms with Gasteiger partial charge in [0, 0.05) is 28.8 Å². The number of carbonyl (C=O) groups excluding carboxylic acids is 1. The van der Waals surface area contributed by atoms with E-state index in [1.165, 1.54) is 47.3 Å². The summed E-state index contributed by atoms with van der Waals surface area (Å²) in [5, 5.41) is 3.93. The summed E-state index contributed by atoms with van der Waals surface area (Å²) in [5.41, 5.74) is 3.19. The second-order valence-corrected chi connectivity index (χ2v) is 7.57. The lowest BCUT2D eigenvalue weighted by molar-refractivity contribution is -0.177. The van der Waals surface area contributed by atoms with Crippen molar-refractivity contribution >= 4 is 34.8 Å². The van der Waals surface area contributed by atoms with Gasteiger partial charge in [-0.05, 0) is 17.7 Å². The minimum atomic E-state index is -4.82. The average molecular weight is 453 g/mol. The molecule has 0 saturated carbocycles. The van der Waals surface area contributed by atoms with Crippen molar-refractivity contribution < 1.29 is 18.0 Å². The summed E-state index contributed by atoms with van der Waals surface area (Å²) in [7, 11) is 0. The number of amides is 1. The van der Waals surface area contributed by atoms with Gasteiger partial charge in [-0.2, -0.15) is 18.3 Å². The van der Waals surface area contributed by atoms with Crippen LogP contribution in [0.4, 0.5) is 13.2 Å². The first-order valence-corrected chi connectivity index (χ1v) is 9.44. The number of carbonyl (C=O) groups is 1. The van der Waals surface area contributed by atoms with Crippen LogP contribution in [0.2, 0.25) is 5.02 Å². The summed E-state index contributed by atoms with van der Waals surface area (Å²) in [6.45, 7) is 0. The summed E-state index contributed by atoms with van der Waals surface area (Å²) in [4.78, 5) is 15.8. The molecule has 1 amide bonds. The highest BCUT2D eigenvalue weighted by Crippen LogP contribution is 2.55. The topological polar surface area (TPSA) is 73.3 Å². The Hall–Kier alpha value is -2.84. The smallest absolute Gasteiger partial charge is 0.366 e. The highest BCUT2D eigenvalue weighted by atomic mass is 35.5. The molecule has 0 radical (unpaired) electrons. The summed E-state index contributed by atoms with van der Waals surface area (Å²) < 4.78 is 45.2. The van der Waals surface area contributed by atoms with E-state index in [1.54, 1.807) is 6.07 Å². The van der Waals surface area contributed by atoms with Gasteiger partial charge in [-0.1, -0.05) is 53.5 Å². The first kappa shape index (κ1) is 20.4. The predicted octanol–water partition coefficient (Wildman–Crippen LogP) is 4.79. The van der Waals surface area contributed by atoms with Crippen molar-refractivity contribution in [1.29, 1.82) is 0 Å². The molecule has 1 unspecified atom stereocenters. The van der Waals surface area contributed by atoms with Gasteiger partial charge >= 0.3 is 6.18 Å². The lowest BCUT2D eigenvalue weighted by atomic mass is 9.70. The number of hydrogen-bond donors (Lipinski definition) is 1. The minimum Gasteiger partial charge on any atom is -0.366 e. The molecule has 0 saturated heterocycles. The van der Waals surface area contributed by atoms with E-state index in [4.69, 9.17) is 28.9 Å². The van der Waals surface area contributed by atoms with Crippen LogP contribution in [0.15, 0.2) is 65.5 Å². The third kappa shape index (κ3) is 2.98. The van der Waals surface area contributed by atoms with Crippen LogP contribution in [0.25, 0.3) is 16.9 Å². The van der Waals surface area contributed by atoms with Gasteiger partial charge in [0.05, 0.1) is 11.9 Å². The van der Waals surface area contributed by atoms with Crippen molar-refractivity contribution in [3.05, 3.63) is 76.1 Å². The summed E-state index contributed by atoms with van der Waals surface area (Å²) in [5.74, 6) is -0.938. The monoisotopic (exact) mass is 452 g/mol. The summed E-state index contributed by atoms with van der Waals surface area (Å²) in [6.07, 6.45) is -0.456. The van der Waals surface area contributed by atoms with Gasteiger partial charge in [-0.3, -0.25) is 4.79 Å². The lowest BCUT2D eigenvalue weighted by Gasteiger charge is -2.39. The van der Waals surface area contributed by atoms with E-state index in [2.05, 4.69) is 10.1 Å². The van der Waals surface area contributed by atoms with Crippen LogP contribution >= 0.6 is 23.2 Å². The molecule has 0 fully saturated rings. The maximum Gasteiger partial charge on any atom is 0.403 e. The second kappa shape index (κ2) is 7.14. The SMILES string of the molecule is NC(=O)C1=CC=C(Cl)C(c2ccccc2-c2ccnc3c(Cl)cnn23)(C(F)(F)F)C1. The van der Waals surface area contributed by atoms with Crippen molar-refractivity contribution in [1.82, 2.24) is 14.6 Å². The van der Waals surface area contributed by atoms with E-state index in [1.807, 2.05) is 0 Å². The zero-order valence-corrected chi connectivity index (χ0v) is 16.6. The van der Waals surface area contributed by atoms with E-state index >= 15 is 0 Å². The molecule has 2 N–H and O–H groups in total. The molecule has 3 aromatic rings. The fraction of sp³-hybridized carbons (Fsp3) is 0.150. The Bertz CT molecular complexity index is 1230. The molecule has 1 atom stereocenters. The van der Waals surface area contributed by atoms with Crippen LogP contribution < -0.4 is 5.73 Å². The molecule has 0 aliphatic heterocycles. The van der Waals surface area contributed by atoms with E-state index in [0.717, 1.165) is 6.08 Å². The molecule has 5 nitrogen and oxygen atoms in total. The summed E-state index contributed by atoms with van der Waals surface area (Å²) in [6, 6.07) is 7.48. The Morgan fingerprint density at radius 2 is 1.90 bits per heavy atom. The first-order valence-electron chi connectivity index (χ1n) is 8.68. The van der Waals surface area contributed by atoms with Gasteiger partial charge < -0.3 is 5.73 Å². The van der Waals surface area contributed by atoms with E-state index < -0.39 is 29.0 Å². The van der Waals surface area contributed by atoms with Crippen LogP contribution in [0, 0.1) is 0 Å². The van der Waals surface area contributed by atoms with Gasteiger partial charge in [0.1, 0.15) is 10.4 Å². The fourth-order valence-corrected chi connectivity index (χ4v) is 4.18. The molecule has 1 aliphatic rings. The third-order valence-corrected chi connectivity index (χ3v) is 5.83. The first-order chi connectivity index (χ1) is 14.2. The molecule has 4 rings (SSSR count). The number of allylic oxidation sites excluding steroid dienone is 3. The Morgan fingerprint density at radius 3 is 2.60 bits per heavy atom. The number of benzene rings is 1. The Morgan fingerprint density at radius 1 is 1.17 bits per heavy atom. The second-order valence-electron chi connectivity index (χ2n) is 6.75. The maximum atomic E-state index is 14.6. The minimum absolute atomic E-state index is 0.135. The molecule has 1 aliphatic carbocycles. The number of alkyl halides is 3. The fourth-order valence-electron chi connectivity index (χ4n) is 3.67. The normalized spacial score (nSPS) is 19.5. The van der Waals surface area contributed by atoms with Crippen molar-refractivity contribution in [2.45, 2.75) is 18.0 Å². The number of aromatic nitrogens is 3. The third-order valence-electron chi connectivity index (χ3n) is 5.12. The number of rotatable bonds is 3. The molecular formula is C20H13Cl2F3N4O. The van der Waals surface area contributed by atoms with Crippen molar-refractivity contribution in [3.63, 3.8) is 0 Å². The number of halogens is 5. The molecule has 1 aromatic carbocycles. The van der Waals surface area contributed by atoms with E-state index in [9.17, 15) is 18.0 Å². The van der Waals surface area contributed by atoms with Gasteiger partial charge in [0.25, 0.3) is 0 Å². The van der Waals surface area contributed by atoms with Crippen LogP contribution in [0.3, 0.4) is 0 Å². The van der Waals surface area contributed by atoms with E-state index in [0.29, 0.717) is 11.3 Å². The van der Waals surface area contributed by atoms with Crippen LogP contribution in [0.1, 0.15) is 12.0 Å². The van der Waals surface area contributed by atoms with Crippen LogP contribution in [-0.4, -0.2) is 26.7 Å². The Balaban J connectivity index is 2.04. The van der Waals surface area contributed by atoms with Gasteiger partial charge in [0.15, 0.2) is 5.65 Å². The quantitative estimate of drug-likeness (QED) is 0.620. The van der Waals surface area contributed by atoms with Gasteiger partial charge in [0.2, 0.25) is 5.91 Å². The summed E-state index contributed by atoms with van der Waals surface area (Å²) >= 11 is 12.3. The van der Waals surface area contributed by atoms with Gasteiger partial charge in [-0.15, -0.1) is 0 Å². The number of fused-ring (bicyclic) bond motifs is 1. The van der Waals surface area contributed by atoms with Gasteiger partial charge in [-0.25, -0.2) is 9.50 Å². The number of nitrogens with two attached hydrogens (primary N) is 1. The molecule has 0 bridgehead atoms. The number of nitrogens with zero attached hydrogens (tertiary/aromatic N) is 3. The lowest BCUT2D eigenvalue weighted by Crippen LogP contribution is -2.45. The highest BCUT2D eigenvalue weighted by Gasteiger charge is 2.60. The number of hydrogen-bond acceptors (Lipinski definition) is 3.